The predicted molar refractivity (Wildman–Crippen MR) is 85.0 cm³/mol. The van der Waals surface area contributed by atoms with Gasteiger partial charge in [-0.2, -0.15) is 4.31 Å². The van der Waals surface area contributed by atoms with E-state index in [1.54, 1.807) is 11.6 Å². The molecule has 0 radical (unpaired) electrons. The van der Waals surface area contributed by atoms with Crippen molar-refractivity contribution in [1.29, 1.82) is 0 Å². The number of rotatable bonds is 4. The third-order valence-electron chi connectivity index (χ3n) is 4.45. The van der Waals surface area contributed by atoms with Crippen LogP contribution in [0.25, 0.3) is 10.2 Å². The molecule has 2 N–H and O–H groups in total. The molecular formula is C14H17N3O3S2. The van der Waals surface area contributed by atoms with Gasteiger partial charge in [0.15, 0.2) is 0 Å². The molecule has 3 rings (SSSR count). The largest absolute Gasteiger partial charge is 0.368 e. The Balaban J connectivity index is 2.13. The number of amides is 1. The van der Waals surface area contributed by atoms with Gasteiger partial charge in [-0.05, 0) is 25.0 Å². The minimum atomic E-state index is -3.85. The van der Waals surface area contributed by atoms with E-state index in [2.05, 4.69) is 4.98 Å². The molecule has 1 heterocycles. The van der Waals surface area contributed by atoms with Crippen molar-refractivity contribution >= 4 is 37.5 Å². The lowest BCUT2D eigenvalue weighted by Gasteiger charge is -2.34. The third kappa shape index (κ3) is 2.13. The van der Waals surface area contributed by atoms with Crippen LogP contribution < -0.4 is 5.73 Å². The number of hydrogen-bond donors (Lipinski definition) is 1. The maximum atomic E-state index is 13.0. The second-order valence-corrected chi connectivity index (χ2v) is 8.35. The number of aromatic nitrogens is 1. The van der Waals surface area contributed by atoms with Crippen LogP contribution >= 0.6 is 11.3 Å². The third-order valence-corrected chi connectivity index (χ3v) is 7.20. The van der Waals surface area contributed by atoms with Gasteiger partial charge in [0.25, 0.3) is 0 Å². The second kappa shape index (κ2) is 5.29. The Morgan fingerprint density at radius 1 is 1.36 bits per heavy atom. The van der Waals surface area contributed by atoms with Crippen molar-refractivity contribution in [2.24, 2.45) is 5.73 Å². The van der Waals surface area contributed by atoms with Gasteiger partial charge in [-0.25, -0.2) is 13.4 Å². The van der Waals surface area contributed by atoms with Crippen LogP contribution in [0.15, 0.2) is 28.6 Å². The lowest BCUT2D eigenvalue weighted by Crippen LogP contribution is -2.56. The van der Waals surface area contributed by atoms with Gasteiger partial charge in [-0.15, -0.1) is 11.3 Å². The Labute approximate surface area is 133 Å². The van der Waals surface area contributed by atoms with Gasteiger partial charge in [0.1, 0.15) is 16.0 Å². The van der Waals surface area contributed by atoms with Crippen molar-refractivity contribution < 1.29 is 13.2 Å². The molecular weight excluding hydrogens is 322 g/mol. The Morgan fingerprint density at radius 2 is 2.05 bits per heavy atom. The van der Waals surface area contributed by atoms with E-state index in [0.717, 1.165) is 21.8 Å². The monoisotopic (exact) mass is 339 g/mol. The van der Waals surface area contributed by atoms with Crippen molar-refractivity contribution in [3.05, 3.63) is 23.7 Å². The molecule has 1 saturated carbocycles. The highest BCUT2D eigenvalue weighted by Gasteiger charge is 2.48. The number of likely N-dealkylation sites (N-methyl/N-ethyl adjacent to an activating group) is 1. The van der Waals surface area contributed by atoms with Crippen LogP contribution in [0.3, 0.4) is 0 Å². The van der Waals surface area contributed by atoms with Crippen LogP contribution in [0.2, 0.25) is 0 Å². The first-order valence-corrected chi connectivity index (χ1v) is 9.33. The Kier molecular flexibility index (Phi) is 3.70. The van der Waals surface area contributed by atoms with Crippen molar-refractivity contribution in [2.75, 3.05) is 7.05 Å². The normalized spacial score (nSPS) is 18.1. The molecule has 0 unspecified atom stereocenters. The van der Waals surface area contributed by atoms with Gasteiger partial charge >= 0.3 is 0 Å². The van der Waals surface area contributed by atoms with Gasteiger partial charge in [0, 0.05) is 7.05 Å². The summed E-state index contributed by atoms with van der Waals surface area (Å²) in [7, 11) is -2.40. The number of primary amides is 1. The van der Waals surface area contributed by atoms with Crippen molar-refractivity contribution in [2.45, 2.75) is 36.1 Å². The summed E-state index contributed by atoms with van der Waals surface area (Å²) < 4.78 is 28.0. The lowest BCUT2D eigenvalue weighted by molar-refractivity contribution is -0.126. The molecule has 0 aliphatic heterocycles. The second-order valence-electron chi connectivity index (χ2n) is 5.53. The number of nitrogens with two attached hydrogens (primary N) is 1. The predicted octanol–water partition coefficient (Wildman–Crippen LogP) is 1.71. The SMILES string of the molecule is CN(C1(C(N)=O)CCCC1)S(=O)(=O)c1cccc2scnc12. The number of sulfonamides is 1. The van der Waals surface area contributed by atoms with Crippen LogP contribution in [-0.4, -0.2) is 36.2 Å². The maximum Gasteiger partial charge on any atom is 0.246 e. The zero-order valence-corrected chi connectivity index (χ0v) is 13.8. The molecule has 0 bridgehead atoms. The van der Waals surface area contributed by atoms with E-state index < -0.39 is 21.5 Å². The molecule has 1 amide bonds. The molecule has 6 nitrogen and oxygen atoms in total. The minimum absolute atomic E-state index is 0.126. The number of benzene rings is 1. The molecule has 118 valence electrons. The highest BCUT2D eigenvalue weighted by Crippen LogP contribution is 2.38. The molecule has 22 heavy (non-hydrogen) atoms. The van der Waals surface area contributed by atoms with E-state index in [-0.39, 0.29) is 4.90 Å². The van der Waals surface area contributed by atoms with Crippen molar-refractivity contribution in [3.8, 4) is 0 Å². The fourth-order valence-corrected chi connectivity index (χ4v) is 5.58. The number of hydrogen-bond acceptors (Lipinski definition) is 5. The molecule has 2 aromatic rings. The first-order valence-electron chi connectivity index (χ1n) is 7.01. The summed E-state index contributed by atoms with van der Waals surface area (Å²) in [5.41, 5.74) is 6.47. The number of para-hydroxylation sites is 1. The number of fused-ring (bicyclic) bond motifs is 1. The molecule has 1 aromatic carbocycles. The highest BCUT2D eigenvalue weighted by molar-refractivity contribution is 7.89. The van der Waals surface area contributed by atoms with Crippen molar-refractivity contribution in [3.63, 3.8) is 0 Å². The zero-order chi connectivity index (χ0) is 16.0. The van der Waals surface area contributed by atoms with E-state index in [4.69, 9.17) is 5.73 Å². The summed E-state index contributed by atoms with van der Waals surface area (Å²) in [5.74, 6) is -0.582. The molecule has 1 aliphatic rings. The first-order chi connectivity index (χ1) is 10.4. The summed E-state index contributed by atoms with van der Waals surface area (Å²) in [6.45, 7) is 0. The molecule has 0 atom stereocenters. The molecule has 8 heteroatoms. The van der Waals surface area contributed by atoms with Gasteiger partial charge in [-0.1, -0.05) is 18.9 Å². The molecule has 1 aromatic heterocycles. The van der Waals surface area contributed by atoms with Crippen LogP contribution in [0, 0.1) is 0 Å². The topological polar surface area (TPSA) is 93.4 Å². The van der Waals surface area contributed by atoms with E-state index in [0.29, 0.717) is 18.4 Å². The fraction of sp³-hybridized carbons (Fsp3) is 0.429. The number of thiazole rings is 1. The number of nitrogens with zero attached hydrogens (tertiary/aromatic N) is 2. The number of carbonyl (C=O) groups is 1. The zero-order valence-electron chi connectivity index (χ0n) is 12.2. The smallest absolute Gasteiger partial charge is 0.246 e. The van der Waals surface area contributed by atoms with Crippen molar-refractivity contribution in [1.82, 2.24) is 9.29 Å². The van der Waals surface area contributed by atoms with Gasteiger partial charge in [0.05, 0.1) is 10.2 Å². The first kappa shape index (κ1) is 15.4. The fourth-order valence-electron chi connectivity index (χ4n) is 3.12. The summed E-state index contributed by atoms with van der Waals surface area (Å²) in [5, 5.41) is 0. The minimum Gasteiger partial charge on any atom is -0.368 e. The average molecular weight is 339 g/mol. The van der Waals surface area contributed by atoms with E-state index in [1.807, 2.05) is 6.07 Å². The van der Waals surface area contributed by atoms with Crippen LogP contribution in [-0.2, 0) is 14.8 Å². The van der Waals surface area contributed by atoms with Gasteiger partial charge in [-0.3, -0.25) is 4.79 Å². The maximum absolute atomic E-state index is 13.0. The van der Waals surface area contributed by atoms with Crippen LogP contribution in [0.4, 0.5) is 0 Å². The lowest BCUT2D eigenvalue weighted by atomic mass is 9.97. The van der Waals surface area contributed by atoms with Gasteiger partial charge in [0.2, 0.25) is 15.9 Å². The average Bonchev–Trinajstić information content (AvgIpc) is 3.15. The molecule has 0 spiro atoms. The summed E-state index contributed by atoms with van der Waals surface area (Å²) in [6, 6.07) is 5.04. The summed E-state index contributed by atoms with van der Waals surface area (Å²) in [6.07, 6.45) is 2.52. The highest BCUT2D eigenvalue weighted by atomic mass is 32.2. The molecule has 1 aliphatic carbocycles. The van der Waals surface area contributed by atoms with E-state index >= 15 is 0 Å². The number of carbonyl (C=O) groups excluding carboxylic acids is 1. The van der Waals surface area contributed by atoms with Crippen LogP contribution in [0.1, 0.15) is 25.7 Å². The van der Waals surface area contributed by atoms with E-state index in [9.17, 15) is 13.2 Å². The Morgan fingerprint density at radius 3 is 2.68 bits per heavy atom. The Bertz CT molecular complexity index is 823. The molecule has 0 saturated heterocycles. The standard InChI is InChI=1S/C14H17N3O3S2/c1-17(14(13(15)18)7-2-3-8-14)22(19,20)11-6-4-5-10-12(11)16-9-21-10/h4-6,9H,2-3,7-8H2,1H3,(H2,15,18). The van der Waals surface area contributed by atoms with Gasteiger partial charge < -0.3 is 5.73 Å². The summed E-state index contributed by atoms with van der Waals surface area (Å²) >= 11 is 1.38. The summed E-state index contributed by atoms with van der Waals surface area (Å²) in [4.78, 5) is 16.2. The Hall–Kier alpha value is -1.51. The van der Waals surface area contributed by atoms with E-state index in [1.165, 1.54) is 24.5 Å². The molecule has 1 fully saturated rings. The quantitative estimate of drug-likeness (QED) is 0.917. The van der Waals surface area contributed by atoms with Crippen LogP contribution in [0.5, 0.6) is 0 Å².